The van der Waals surface area contributed by atoms with Gasteiger partial charge in [0.1, 0.15) is 0 Å². The molecule has 0 radical (unpaired) electrons. The maximum Gasteiger partial charge on any atom is 0.460 e. The van der Waals surface area contributed by atoms with Crippen molar-refractivity contribution in [3.05, 3.63) is 35.9 Å². The molecule has 1 aromatic carbocycles. The summed E-state index contributed by atoms with van der Waals surface area (Å²) in [6.45, 7) is -0.884. The maximum atomic E-state index is 13.6. The second-order valence-electron chi connectivity index (χ2n) is 4.62. The Morgan fingerprint density at radius 2 is 1.50 bits per heavy atom. The number of hydrogen-bond acceptors (Lipinski definition) is 4. The topological polar surface area (TPSA) is 52.6 Å². The van der Waals surface area contributed by atoms with E-state index in [1.165, 1.54) is 30.3 Å². The molecule has 1 atom stereocenters. The second kappa shape index (κ2) is 6.84. The van der Waals surface area contributed by atoms with Gasteiger partial charge in [0.15, 0.2) is 0 Å². The van der Waals surface area contributed by atoms with E-state index in [9.17, 15) is 39.2 Å². The summed E-state index contributed by atoms with van der Waals surface area (Å²) in [5.74, 6) is -12.6. The van der Waals surface area contributed by atoms with Gasteiger partial charge >= 0.3 is 18.0 Å². The third kappa shape index (κ3) is 4.80. The Bertz CT molecular complexity index is 643. The van der Waals surface area contributed by atoms with Crippen LogP contribution in [-0.2, 0) is 25.6 Å². The molecule has 0 unspecified atom stereocenters. The molecule has 1 rings (SSSR count). The van der Waals surface area contributed by atoms with E-state index in [0.717, 1.165) is 0 Å². The highest BCUT2D eigenvalue weighted by molar-refractivity contribution is 7.86. The van der Waals surface area contributed by atoms with E-state index in [2.05, 4.69) is 8.92 Å². The number of rotatable bonds is 7. The zero-order valence-electron chi connectivity index (χ0n) is 11.9. The lowest BCUT2D eigenvalue weighted by atomic mass is 10.1. The Morgan fingerprint density at radius 3 is 1.92 bits per heavy atom. The summed E-state index contributed by atoms with van der Waals surface area (Å²) in [5, 5.41) is 0. The molecule has 0 fully saturated rings. The number of benzene rings is 1. The van der Waals surface area contributed by atoms with Gasteiger partial charge in [-0.1, -0.05) is 30.3 Å². The largest absolute Gasteiger partial charge is 0.460 e. The van der Waals surface area contributed by atoms with Gasteiger partial charge in [-0.15, -0.1) is 0 Å². The van der Waals surface area contributed by atoms with Crippen LogP contribution in [0.4, 0.5) is 30.7 Å². The highest BCUT2D eigenvalue weighted by Gasteiger charge is 2.77. The molecule has 0 saturated heterocycles. The van der Waals surface area contributed by atoms with E-state index in [1.54, 1.807) is 0 Å². The van der Waals surface area contributed by atoms with E-state index in [4.69, 9.17) is 0 Å². The zero-order chi connectivity index (χ0) is 18.8. The fourth-order valence-corrected chi connectivity index (χ4v) is 1.93. The average molecular weight is 384 g/mol. The first-order valence-electron chi connectivity index (χ1n) is 6.04. The van der Waals surface area contributed by atoms with Crippen molar-refractivity contribution in [2.75, 3.05) is 6.26 Å². The molecule has 12 heteroatoms. The van der Waals surface area contributed by atoms with E-state index in [0.29, 0.717) is 0 Å². The van der Waals surface area contributed by atoms with Crippen LogP contribution in [0.1, 0.15) is 5.56 Å². The molecular weight excluding hydrogens is 373 g/mol. The average Bonchev–Trinajstić information content (AvgIpc) is 2.41. The van der Waals surface area contributed by atoms with E-state index < -0.39 is 41.0 Å². The molecule has 4 nitrogen and oxygen atoms in total. The zero-order valence-corrected chi connectivity index (χ0v) is 12.7. The normalized spacial score (nSPS) is 15.3. The molecule has 0 saturated carbocycles. The van der Waals surface area contributed by atoms with E-state index in [-0.39, 0.29) is 11.8 Å². The van der Waals surface area contributed by atoms with Gasteiger partial charge in [-0.25, -0.2) is 4.18 Å². The molecule has 0 aliphatic heterocycles. The summed E-state index contributed by atoms with van der Waals surface area (Å²) in [5.41, 5.74) is 0.116. The molecule has 0 N–H and O–H groups in total. The number of halogens is 7. The predicted molar refractivity (Wildman–Crippen MR) is 66.9 cm³/mol. The van der Waals surface area contributed by atoms with Crippen molar-refractivity contribution in [3.63, 3.8) is 0 Å². The van der Waals surface area contributed by atoms with Gasteiger partial charge in [0, 0.05) is 0 Å². The number of hydrogen-bond donors (Lipinski definition) is 0. The van der Waals surface area contributed by atoms with Crippen molar-refractivity contribution < 1.29 is 48.1 Å². The SMILES string of the molecule is CS(=O)(=O)O[C@@H](OCc1ccccc1)C(F)(F)C(F)(F)C(F)(F)F. The van der Waals surface area contributed by atoms with Crippen LogP contribution in [0.3, 0.4) is 0 Å². The molecule has 0 aromatic heterocycles. The van der Waals surface area contributed by atoms with Gasteiger partial charge in [0.05, 0.1) is 12.9 Å². The summed E-state index contributed by atoms with van der Waals surface area (Å²) in [7, 11) is -4.82. The quantitative estimate of drug-likeness (QED) is 0.411. The first-order valence-corrected chi connectivity index (χ1v) is 7.86. The van der Waals surface area contributed by atoms with E-state index in [1.807, 2.05) is 0 Å². The minimum atomic E-state index is -6.65. The Morgan fingerprint density at radius 1 is 1.00 bits per heavy atom. The summed E-state index contributed by atoms with van der Waals surface area (Å²) < 4.78 is 120. The van der Waals surface area contributed by atoms with Gasteiger partial charge in [-0.05, 0) is 5.56 Å². The maximum absolute atomic E-state index is 13.6. The molecule has 0 heterocycles. The Kier molecular flexibility index (Phi) is 5.89. The van der Waals surface area contributed by atoms with E-state index >= 15 is 0 Å². The van der Waals surface area contributed by atoms with Gasteiger partial charge in [0.25, 0.3) is 10.1 Å². The van der Waals surface area contributed by atoms with Crippen molar-refractivity contribution >= 4 is 10.1 Å². The number of alkyl halides is 7. The fraction of sp³-hybridized carbons (Fsp3) is 0.500. The molecular formula is C12H11F7O4S. The summed E-state index contributed by atoms with van der Waals surface area (Å²) in [6.07, 6.45) is -10.1. The van der Waals surface area contributed by atoms with Gasteiger partial charge < -0.3 is 4.74 Å². The van der Waals surface area contributed by atoms with Crippen molar-refractivity contribution in [2.45, 2.75) is 30.9 Å². The fourth-order valence-electron chi connectivity index (χ4n) is 1.43. The van der Waals surface area contributed by atoms with Crippen molar-refractivity contribution in [2.24, 2.45) is 0 Å². The van der Waals surface area contributed by atoms with Gasteiger partial charge in [0.2, 0.25) is 6.29 Å². The summed E-state index contributed by atoms with van der Waals surface area (Å²) in [6, 6.07) is 6.91. The van der Waals surface area contributed by atoms with Crippen LogP contribution in [0, 0.1) is 0 Å². The molecule has 0 bridgehead atoms. The highest BCUT2D eigenvalue weighted by Crippen LogP contribution is 2.49. The molecule has 0 spiro atoms. The first kappa shape index (κ1) is 20.6. The molecule has 138 valence electrons. The Labute approximate surface area is 132 Å². The smallest absolute Gasteiger partial charge is 0.341 e. The monoisotopic (exact) mass is 384 g/mol. The van der Waals surface area contributed by atoms with Crippen LogP contribution in [0.15, 0.2) is 30.3 Å². The summed E-state index contributed by atoms with van der Waals surface area (Å²) >= 11 is 0. The summed E-state index contributed by atoms with van der Waals surface area (Å²) in [4.78, 5) is 0. The predicted octanol–water partition coefficient (Wildman–Crippen LogP) is 3.34. The van der Waals surface area contributed by atoms with Gasteiger partial charge in [-0.2, -0.15) is 39.2 Å². The van der Waals surface area contributed by atoms with Crippen LogP contribution >= 0.6 is 0 Å². The third-order valence-electron chi connectivity index (χ3n) is 2.58. The van der Waals surface area contributed by atoms with Crippen LogP contribution < -0.4 is 0 Å². The molecule has 0 aliphatic carbocycles. The van der Waals surface area contributed by atoms with Crippen LogP contribution in [0.25, 0.3) is 0 Å². The van der Waals surface area contributed by atoms with Crippen molar-refractivity contribution in [1.29, 1.82) is 0 Å². The van der Waals surface area contributed by atoms with Crippen molar-refractivity contribution in [3.8, 4) is 0 Å². The highest BCUT2D eigenvalue weighted by atomic mass is 32.2. The molecule has 0 amide bonds. The molecule has 0 aliphatic rings. The molecule has 1 aromatic rings. The lowest BCUT2D eigenvalue weighted by molar-refractivity contribution is -0.392. The first-order chi connectivity index (χ1) is 10.7. The van der Waals surface area contributed by atoms with Crippen LogP contribution in [-0.4, -0.2) is 39.0 Å². The third-order valence-corrected chi connectivity index (χ3v) is 3.10. The minimum Gasteiger partial charge on any atom is -0.341 e. The van der Waals surface area contributed by atoms with Crippen LogP contribution in [0.2, 0.25) is 0 Å². The Balaban J connectivity index is 3.12. The second-order valence-corrected chi connectivity index (χ2v) is 6.22. The Hall–Kier alpha value is -1.40. The van der Waals surface area contributed by atoms with Gasteiger partial charge in [-0.3, -0.25) is 0 Å². The lowest BCUT2D eigenvalue weighted by Crippen LogP contribution is -2.59. The molecule has 24 heavy (non-hydrogen) atoms. The number of ether oxygens (including phenoxy) is 1. The van der Waals surface area contributed by atoms with Crippen molar-refractivity contribution in [1.82, 2.24) is 0 Å². The minimum absolute atomic E-state index is 0.116. The van der Waals surface area contributed by atoms with Crippen LogP contribution in [0.5, 0.6) is 0 Å². The standard InChI is InChI=1S/C12H11F7O4S/c1-24(20,21)23-9(22-7-8-5-3-2-4-6-8)10(13,14)11(15,16)12(17,18)19/h2-6,9H,7H2,1H3/t9-/m1/s1. The lowest BCUT2D eigenvalue weighted by Gasteiger charge is -2.32.